The average molecular weight is 368 g/mol. The van der Waals surface area contributed by atoms with E-state index in [4.69, 9.17) is 27.9 Å². The van der Waals surface area contributed by atoms with Crippen molar-refractivity contribution in [3.63, 3.8) is 0 Å². The second kappa shape index (κ2) is 9.30. The maximum atomic E-state index is 12.4. The number of hydrogen-bond donors (Lipinski definition) is 0. The van der Waals surface area contributed by atoms with Crippen LogP contribution in [-0.4, -0.2) is 12.1 Å². The minimum absolute atomic E-state index is 0.114. The molecule has 2 aromatic rings. The molecule has 0 aliphatic rings. The van der Waals surface area contributed by atoms with Gasteiger partial charge in [0.1, 0.15) is 5.75 Å². The average Bonchev–Trinajstić information content (AvgIpc) is 2.53. The summed E-state index contributed by atoms with van der Waals surface area (Å²) >= 11 is 12.1. The van der Waals surface area contributed by atoms with Crippen molar-refractivity contribution in [2.45, 2.75) is 26.2 Å². The van der Waals surface area contributed by atoms with Crippen LogP contribution in [0.5, 0.6) is 5.75 Å². The van der Waals surface area contributed by atoms with Gasteiger partial charge in [0.05, 0.1) is 6.61 Å². The van der Waals surface area contributed by atoms with E-state index in [1.165, 1.54) is 12.8 Å². The van der Waals surface area contributed by atoms with Crippen molar-refractivity contribution in [3.8, 4) is 5.75 Å². The second-order valence-electron chi connectivity index (χ2n) is 5.06. The summed E-state index contributed by atoms with van der Waals surface area (Å²) in [6.07, 6.45) is 3.40. The molecule has 0 saturated carbocycles. The Labute approximate surface area is 148 Å². The molecule has 0 aliphatic carbocycles. The molecule has 5 heteroatoms. The van der Waals surface area contributed by atoms with Gasteiger partial charge in [-0.25, -0.2) is 0 Å². The van der Waals surface area contributed by atoms with E-state index in [0.717, 1.165) is 24.1 Å². The summed E-state index contributed by atoms with van der Waals surface area (Å²) in [5, 5.41) is 14.0. The molecule has 2 nitrogen and oxygen atoms in total. The van der Waals surface area contributed by atoms with E-state index >= 15 is 0 Å². The summed E-state index contributed by atoms with van der Waals surface area (Å²) in [6, 6.07) is 12.6. The van der Waals surface area contributed by atoms with Gasteiger partial charge in [-0.05, 0) is 42.8 Å². The highest BCUT2D eigenvalue weighted by Gasteiger charge is 2.04. The molecule has 0 atom stereocenters. The third-order valence-electron chi connectivity index (χ3n) is 3.26. The van der Waals surface area contributed by atoms with Crippen LogP contribution in [0, 0.1) is 0 Å². The Balaban J connectivity index is 2.07. The zero-order valence-electron chi connectivity index (χ0n) is 12.9. The number of rotatable bonds is 7. The maximum absolute atomic E-state index is 12.4. The molecule has 2 aromatic carbocycles. The number of halogens is 2. The smallest absolute Gasteiger partial charge is 0.119 e. The second-order valence-corrected chi connectivity index (χ2v) is 7.02. The van der Waals surface area contributed by atoms with Gasteiger partial charge in [-0.1, -0.05) is 57.2 Å². The van der Waals surface area contributed by atoms with Crippen molar-refractivity contribution in [1.29, 1.82) is 0 Å². The molecule has 0 N–H and O–H groups in total. The molecule has 122 valence electrons. The van der Waals surface area contributed by atoms with E-state index in [0.29, 0.717) is 23.8 Å². The van der Waals surface area contributed by atoms with Crippen LogP contribution in [0.4, 0.5) is 0 Å². The van der Waals surface area contributed by atoms with Crippen LogP contribution in [-0.2, 0) is 0 Å². The van der Waals surface area contributed by atoms with E-state index in [9.17, 15) is 5.11 Å². The fraction of sp³-hybridized carbons (Fsp3) is 0.278. The van der Waals surface area contributed by atoms with Crippen LogP contribution in [0.15, 0.2) is 42.5 Å². The molecule has 0 saturated heterocycles. The van der Waals surface area contributed by atoms with Gasteiger partial charge >= 0.3 is 0 Å². The van der Waals surface area contributed by atoms with Crippen LogP contribution in [0.1, 0.15) is 31.7 Å². The van der Waals surface area contributed by atoms with Crippen LogP contribution >= 0.6 is 31.4 Å². The summed E-state index contributed by atoms with van der Waals surface area (Å²) in [5.74, 6) is 0.822. The molecule has 0 radical (unpaired) electrons. The highest BCUT2D eigenvalue weighted by Crippen LogP contribution is 2.25. The highest BCUT2D eigenvalue weighted by atomic mass is 35.5. The minimum Gasteiger partial charge on any atom is -0.823 e. The highest BCUT2D eigenvalue weighted by molar-refractivity contribution is 7.49. The van der Waals surface area contributed by atoms with Crippen LogP contribution in [0.2, 0.25) is 10.0 Å². The zero-order valence-corrected chi connectivity index (χ0v) is 15.3. The van der Waals surface area contributed by atoms with Gasteiger partial charge < -0.3 is 9.84 Å². The fourth-order valence-electron chi connectivity index (χ4n) is 2.03. The molecule has 2 rings (SSSR count). The standard InChI is InChI=1S/C18H19Cl2O2P/c1-2-3-4-12-22-13-8-10-14(11-9-13)23-18(21)17-15(19)6-5-7-16(17)20/h5-11,21H,2-4,12H2,1H3/p-1. The predicted octanol–water partition coefficient (Wildman–Crippen LogP) is 4.67. The van der Waals surface area contributed by atoms with E-state index in [1.54, 1.807) is 18.2 Å². The van der Waals surface area contributed by atoms with Crippen LogP contribution in [0.3, 0.4) is 0 Å². The lowest BCUT2D eigenvalue weighted by atomic mass is 10.2. The van der Waals surface area contributed by atoms with Gasteiger partial charge in [-0.3, -0.25) is 0 Å². The Morgan fingerprint density at radius 2 is 1.70 bits per heavy atom. The van der Waals surface area contributed by atoms with Gasteiger partial charge in [-0.15, -0.1) is 5.48 Å². The van der Waals surface area contributed by atoms with E-state index in [2.05, 4.69) is 6.92 Å². The van der Waals surface area contributed by atoms with E-state index < -0.39 is 0 Å². The monoisotopic (exact) mass is 367 g/mol. The van der Waals surface area contributed by atoms with Crippen molar-refractivity contribution < 1.29 is 9.84 Å². The fourth-order valence-corrected chi connectivity index (χ4v) is 3.62. The topological polar surface area (TPSA) is 32.3 Å². The molecule has 0 unspecified atom stereocenters. The molecule has 0 amide bonds. The first-order valence-electron chi connectivity index (χ1n) is 7.54. The van der Waals surface area contributed by atoms with Crippen molar-refractivity contribution >= 4 is 42.2 Å². The van der Waals surface area contributed by atoms with Crippen molar-refractivity contribution in [2.75, 3.05) is 6.61 Å². The third kappa shape index (κ3) is 5.51. The van der Waals surface area contributed by atoms with E-state index in [-0.39, 0.29) is 5.48 Å². The summed E-state index contributed by atoms with van der Waals surface area (Å²) in [4.78, 5) is 0. The van der Waals surface area contributed by atoms with Crippen LogP contribution in [0.25, 0.3) is 0 Å². The molecule has 23 heavy (non-hydrogen) atoms. The molecule has 0 bridgehead atoms. The SMILES string of the molecule is CCCCCOc1ccc(P=C([O-])c2c(Cl)cccc2Cl)cc1. The van der Waals surface area contributed by atoms with Gasteiger partial charge in [0.15, 0.2) is 0 Å². The normalized spacial score (nSPS) is 11.6. The van der Waals surface area contributed by atoms with Crippen molar-refractivity contribution in [3.05, 3.63) is 58.1 Å². The Morgan fingerprint density at radius 3 is 2.30 bits per heavy atom. The maximum Gasteiger partial charge on any atom is 0.119 e. The quantitative estimate of drug-likeness (QED) is 0.525. The minimum atomic E-state index is -0.114. The lowest BCUT2D eigenvalue weighted by Crippen LogP contribution is -2.18. The Bertz CT molecular complexity index is 649. The largest absolute Gasteiger partial charge is 0.823 e. The summed E-state index contributed by atoms with van der Waals surface area (Å²) < 4.78 is 5.66. The number of hydrogen-bond acceptors (Lipinski definition) is 2. The Hall–Kier alpha value is -1.05. The number of benzene rings is 2. The first-order chi connectivity index (χ1) is 11.1. The molecule has 0 fully saturated rings. The molecular weight excluding hydrogens is 350 g/mol. The number of unbranched alkanes of at least 4 members (excludes halogenated alkanes) is 2. The lowest BCUT2D eigenvalue weighted by molar-refractivity contribution is -0.206. The van der Waals surface area contributed by atoms with E-state index in [1.807, 2.05) is 24.3 Å². The Kier molecular flexibility index (Phi) is 7.39. The molecule has 0 aliphatic heterocycles. The van der Waals surface area contributed by atoms with Crippen molar-refractivity contribution in [2.24, 2.45) is 0 Å². The lowest BCUT2D eigenvalue weighted by Gasteiger charge is -2.15. The molecule has 0 heterocycles. The van der Waals surface area contributed by atoms with Gasteiger partial charge in [0.25, 0.3) is 0 Å². The van der Waals surface area contributed by atoms with Gasteiger partial charge in [0.2, 0.25) is 0 Å². The Morgan fingerprint density at radius 1 is 1.04 bits per heavy atom. The first-order valence-corrected chi connectivity index (χ1v) is 9.19. The number of ether oxygens (including phenoxy) is 1. The first kappa shape index (κ1) is 18.3. The summed E-state index contributed by atoms with van der Waals surface area (Å²) in [6.45, 7) is 2.88. The molecular formula is C18H18Cl2O2P-. The molecule has 0 spiro atoms. The van der Waals surface area contributed by atoms with Crippen molar-refractivity contribution in [1.82, 2.24) is 0 Å². The molecule has 0 aromatic heterocycles. The predicted molar refractivity (Wildman–Crippen MR) is 98.6 cm³/mol. The third-order valence-corrected chi connectivity index (χ3v) is 4.87. The van der Waals surface area contributed by atoms with Crippen LogP contribution < -0.4 is 15.1 Å². The summed E-state index contributed by atoms with van der Waals surface area (Å²) in [7, 11) is 0.543. The summed E-state index contributed by atoms with van der Waals surface area (Å²) in [5.41, 5.74) is 0.259. The van der Waals surface area contributed by atoms with Gasteiger partial charge in [-0.2, -0.15) is 0 Å². The van der Waals surface area contributed by atoms with Gasteiger partial charge in [0, 0.05) is 20.9 Å². The zero-order chi connectivity index (χ0) is 16.7.